The first-order valence-corrected chi connectivity index (χ1v) is 5.08. The molecule has 1 aromatic rings. The van der Waals surface area contributed by atoms with E-state index in [1.165, 1.54) is 0 Å². The van der Waals surface area contributed by atoms with Gasteiger partial charge in [0.05, 0.1) is 12.2 Å². The number of aromatic nitrogens is 1. The van der Waals surface area contributed by atoms with Gasteiger partial charge in [-0.05, 0) is 19.3 Å². The number of rotatable bonds is 2. The number of carbonyl (C=O) groups is 1. The molecule has 0 amide bonds. The molecule has 1 fully saturated rings. The van der Waals surface area contributed by atoms with Crippen LogP contribution in [-0.4, -0.2) is 22.1 Å². The minimum atomic E-state index is -0.795. The van der Waals surface area contributed by atoms with Crippen LogP contribution in [0.5, 0.6) is 0 Å². The molecule has 1 aliphatic heterocycles. The Balaban J connectivity index is 2.07. The van der Waals surface area contributed by atoms with Gasteiger partial charge in [-0.15, -0.1) is 0 Å². The van der Waals surface area contributed by atoms with Crippen molar-refractivity contribution in [3.63, 3.8) is 0 Å². The van der Waals surface area contributed by atoms with E-state index in [1.54, 1.807) is 13.1 Å². The number of nitrogens with zero attached hydrogens (tertiary/aromatic N) is 1. The van der Waals surface area contributed by atoms with E-state index in [1.807, 2.05) is 0 Å². The van der Waals surface area contributed by atoms with Gasteiger partial charge < -0.3 is 9.52 Å². The molecular weight excluding hydrogens is 196 g/mol. The van der Waals surface area contributed by atoms with Crippen LogP contribution in [0.2, 0.25) is 0 Å². The third-order valence-electron chi connectivity index (χ3n) is 2.67. The van der Waals surface area contributed by atoms with Gasteiger partial charge in [-0.3, -0.25) is 10.1 Å². The third kappa shape index (κ3) is 2.18. The number of carboxylic acids is 1. The molecule has 1 aliphatic rings. The fourth-order valence-electron chi connectivity index (χ4n) is 1.89. The summed E-state index contributed by atoms with van der Waals surface area (Å²) in [5, 5.41) is 11.9. The predicted octanol–water partition coefficient (Wildman–Crippen LogP) is 1.25. The van der Waals surface area contributed by atoms with Crippen LogP contribution in [0.1, 0.15) is 37.0 Å². The Hall–Kier alpha value is -1.36. The van der Waals surface area contributed by atoms with Gasteiger partial charge in [0.1, 0.15) is 11.8 Å². The standard InChI is InChI=1S/C10H14N2O3/c1-6-11-5-9(15-6)7-3-2-4-8(12-7)10(13)14/h5,7-8,12H,2-4H2,1H3,(H,13,14). The van der Waals surface area contributed by atoms with Gasteiger partial charge >= 0.3 is 5.97 Å². The van der Waals surface area contributed by atoms with Crippen molar-refractivity contribution < 1.29 is 14.3 Å². The van der Waals surface area contributed by atoms with Gasteiger partial charge in [0.15, 0.2) is 5.89 Å². The summed E-state index contributed by atoms with van der Waals surface area (Å²) < 4.78 is 5.38. The van der Waals surface area contributed by atoms with Crippen LogP contribution >= 0.6 is 0 Å². The summed E-state index contributed by atoms with van der Waals surface area (Å²) in [6, 6.07) is -0.477. The van der Waals surface area contributed by atoms with E-state index in [0.29, 0.717) is 12.3 Å². The fraction of sp³-hybridized carbons (Fsp3) is 0.600. The smallest absolute Gasteiger partial charge is 0.320 e. The molecule has 2 heterocycles. The van der Waals surface area contributed by atoms with Crippen LogP contribution in [0.25, 0.3) is 0 Å². The van der Waals surface area contributed by atoms with Crippen LogP contribution < -0.4 is 5.32 Å². The highest BCUT2D eigenvalue weighted by atomic mass is 16.4. The van der Waals surface area contributed by atoms with Crippen molar-refractivity contribution in [2.45, 2.75) is 38.3 Å². The Morgan fingerprint density at radius 2 is 2.47 bits per heavy atom. The van der Waals surface area contributed by atoms with Crippen LogP contribution in [0.15, 0.2) is 10.6 Å². The monoisotopic (exact) mass is 210 g/mol. The van der Waals surface area contributed by atoms with Gasteiger partial charge in [0.2, 0.25) is 0 Å². The van der Waals surface area contributed by atoms with Gasteiger partial charge in [-0.25, -0.2) is 4.98 Å². The second-order valence-electron chi connectivity index (χ2n) is 3.82. The van der Waals surface area contributed by atoms with Gasteiger partial charge in [0.25, 0.3) is 0 Å². The Kier molecular flexibility index (Phi) is 2.73. The van der Waals surface area contributed by atoms with Gasteiger partial charge in [-0.2, -0.15) is 0 Å². The molecule has 0 aliphatic carbocycles. The summed E-state index contributed by atoms with van der Waals surface area (Å²) in [7, 11) is 0. The lowest BCUT2D eigenvalue weighted by atomic mass is 9.97. The van der Waals surface area contributed by atoms with Crippen molar-refractivity contribution in [1.82, 2.24) is 10.3 Å². The minimum Gasteiger partial charge on any atom is -0.480 e. The highest BCUT2D eigenvalue weighted by molar-refractivity contribution is 5.73. The Labute approximate surface area is 87.5 Å². The molecule has 0 radical (unpaired) electrons. The van der Waals surface area contributed by atoms with Crippen LogP contribution in [0.4, 0.5) is 0 Å². The number of hydrogen-bond acceptors (Lipinski definition) is 4. The Bertz CT molecular complexity index is 361. The first-order valence-electron chi connectivity index (χ1n) is 5.08. The number of carboxylic acid groups (broad SMARTS) is 1. The molecule has 0 aromatic carbocycles. The van der Waals surface area contributed by atoms with E-state index < -0.39 is 12.0 Å². The zero-order chi connectivity index (χ0) is 10.8. The molecule has 2 atom stereocenters. The first kappa shape index (κ1) is 10.2. The maximum absolute atomic E-state index is 10.8. The molecule has 1 saturated heterocycles. The van der Waals surface area contributed by atoms with Crippen molar-refractivity contribution in [1.29, 1.82) is 0 Å². The SMILES string of the molecule is Cc1ncc(C2CCCC(C(=O)O)N2)o1. The lowest BCUT2D eigenvalue weighted by Gasteiger charge is -2.26. The number of hydrogen-bond donors (Lipinski definition) is 2. The summed E-state index contributed by atoms with van der Waals surface area (Å²) in [5.74, 6) is 0.554. The molecular formula is C10H14N2O3. The van der Waals surface area contributed by atoms with E-state index in [9.17, 15) is 4.79 Å². The van der Waals surface area contributed by atoms with E-state index in [0.717, 1.165) is 18.6 Å². The number of oxazole rings is 1. The predicted molar refractivity (Wildman–Crippen MR) is 52.4 cm³/mol. The molecule has 1 aromatic heterocycles. The maximum atomic E-state index is 10.8. The van der Waals surface area contributed by atoms with Gasteiger partial charge in [-0.1, -0.05) is 0 Å². The summed E-state index contributed by atoms with van der Waals surface area (Å²) in [5.41, 5.74) is 0. The number of aryl methyl sites for hydroxylation is 1. The summed E-state index contributed by atoms with van der Waals surface area (Å²) in [6.45, 7) is 1.78. The highest BCUT2D eigenvalue weighted by Crippen LogP contribution is 2.25. The Morgan fingerprint density at radius 3 is 3.07 bits per heavy atom. The molecule has 0 bridgehead atoms. The molecule has 5 heteroatoms. The molecule has 5 nitrogen and oxygen atoms in total. The van der Waals surface area contributed by atoms with Crippen molar-refractivity contribution >= 4 is 5.97 Å². The largest absolute Gasteiger partial charge is 0.480 e. The first-order chi connectivity index (χ1) is 7.16. The van der Waals surface area contributed by atoms with E-state index in [4.69, 9.17) is 9.52 Å². The van der Waals surface area contributed by atoms with E-state index in [-0.39, 0.29) is 6.04 Å². The topological polar surface area (TPSA) is 75.4 Å². The van der Waals surface area contributed by atoms with E-state index >= 15 is 0 Å². The van der Waals surface area contributed by atoms with Gasteiger partial charge in [0, 0.05) is 6.92 Å². The molecule has 0 saturated carbocycles. The van der Waals surface area contributed by atoms with Crippen molar-refractivity contribution in [3.8, 4) is 0 Å². The molecule has 2 N–H and O–H groups in total. The number of piperidine rings is 1. The molecule has 2 rings (SSSR count). The fourth-order valence-corrected chi connectivity index (χ4v) is 1.89. The minimum absolute atomic E-state index is 0.0129. The van der Waals surface area contributed by atoms with Crippen molar-refractivity contribution in [3.05, 3.63) is 17.8 Å². The molecule has 15 heavy (non-hydrogen) atoms. The van der Waals surface area contributed by atoms with Crippen molar-refractivity contribution in [2.24, 2.45) is 0 Å². The summed E-state index contributed by atoms with van der Waals surface area (Å²) >= 11 is 0. The van der Waals surface area contributed by atoms with Crippen molar-refractivity contribution in [2.75, 3.05) is 0 Å². The van der Waals surface area contributed by atoms with Crippen LogP contribution in [0.3, 0.4) is 0 Å². The normalized spacial score (nSPS) is 26.5. The quantitative estimate of drug-likeness (QED) is 0.768. The average Bonchev–Trinajstić information content (AvgIpc) is 2.65. The number of nitrogens with one attached hydrogen (secondary N) is 1. The lowest BCUT2D eigenvalue weighted by Crippen LogP contribution is -2.42. The lowest BCUT2D eigenvalue weighted by molar-refractivity contribution is -0.140. The molecule has 2 unspecified atom stereocenters. The van der Waals surface area contributed by atoms with Crippen LogP contribution in [-0.2, 0) is 4.79 Å². The zero-order valence-electron chi connectivity index (χ0n) is 8.56. The highest BCUT2D eigenvalue weighted by Gasteiger charge is 2.28. The van der Waals surface area contributed by atoms with E-state index in [2.05, 4.69) is 10.3 Å². The number of aliphatic carboxylic acids is 1. The maximum Gasteiger partial charge on any atom is 0.320 e. The second kappa shape index (κ2) is 4.02. The van der Waals surface area contributed by atoms with Crippen LogP contribution in [0, 0.1) is 6.92 Å². The Morgan fingerprint density at radius 1 is 1.67 bits per heavy atom. The summed E-state index contributed by atoms with van der Waals surface area (Å²) in [4.78, 5) is 14.8. The second-order valence-corrected chi connectivity index (χ2v) is 3.82. The average molecular weight is 210 g/mol. The third-order valence-corrected chi connectivity index (χ3v) is 2.67. The molecule has 0 spiro atoms. The zero-order valence-corrected chi connectivity index (χ0v) is 8.56. The summed E-state index contributed by atoms with van der Waals surface area (Å²) in [6.07, 6.45) is 4.14. The molecule has 82 valence electrons.